The second-order valence-electron chi connectivity index (χ2n) is 4.10. The Morgan fingerprint density at radius 2 is 1.80 bits per heavy atom. The molecule has 1 unspecified atom stereocenters. The van der Waals surface area contributed by atoms with Gasteiger partial charge in [0.2, 0.25) is 0 Å². The molecule has 15 heavy (non-hydrogen) atoms. The van der Waals surface area contributed by atoms with E-state index in [1.54, 1.807) is 6.92 Å². The molecular formula is C12H25NO2. The zero-order valence-corrected chi connectivity index (χ0v) is 10.1. The summed E-state index contributed by atoms with van der Waals surface area (Å²) in [6.45, 7) is 4.50. The largest absolute Gasteiger partial charge is 0.379 e. The molecule has 0 aliphatic heterocycles. The fraction of sp³-hybridized carbons (Fsp3) is 0.917. The number of unbranched alkanes of at least 4 members (excludes halogenated alkanes) is 4. The average Bonchev–Trinajstić information content (AvgIpc) is 2.21. The molecule has 0 fully saturated rings. The van der Waals surface area contributed by atoms with Crippen LogP contribution < -0.4 is 5.32 Å². The average molecular weight is 215 g/mol. The summed E-state index contributed by atoms with van der Waals surface area (Å²) in [6.07, 6.45) is 6.81. The fourth-order valence-electron chi connectivity index (χ4n) is 1.44. The molecule has 0 aromatic rings. The maximum atomic E-state index is 10.6. The molecule has 0 amide bonds. The fourth-order valence-corrected chi connectivity index (χ4v) is 1.44. The standard InChI is InChI=1S/C12H25NO2/c1-3-12(15)13-10-8-6-4-5-7-9-11(2)14/h12-13,15H,3-10H2,1-2H3. The van der Waals surface area contributed by atoms with Crippen LogP contribution >= 0.6 is 0 Å². The molecule has 0 heterocycles. The van der Waals surface area contributed by atoms with E-state index in [1.807, 2.05) is 6.92 Å². The molecule has 3 nitrogen and oxygen atoms in total. The van der Waals surface area contributed by atoms with Crippen molar-refractivity contribution < 1.29 is 9.90 Å². The maximum absolute atomic E-state index is 10.6. The molecule has 0 aromatic carbocycles. The monoisotopic (exact) mass is 215 g/mol. The first-order chi connectivity index (χ1) is 7.16. The van der Waals surface area contributed by atoms with Crippen molar-refractivity contribution in [3.8, 4) is 0 Å². The van der Waals surface area contributed by atoms with E-state index < -0.39 is 0 Å². The number of aliphatic hydroxyl groups is 1. The molecule has 3 heteroatoms. The third kappa shape index (κ3) is 11.5. The molecule has 2 N–H and O–H groups in total. The minimum atomic E-state index is -0.345. The lowest BCUT2D eigenvalue weighted by atomic mass is 10.1. The Bertz CT molecular complexity index is 160. The van der Waals surface area contributed by atoms with Crippen LogP contribution in [-0.4, -0.2) is 23.7 Å². The van der Waals surface area contributed by atoms with Crippen molar-refractivity contribution >= 4 is 5.78 Å². The van der Waals surface area contributed by atoms with Crippen LogP contribution in [0.3, 0.4) is 0 Å². The third-order valence-electron chi connectivity index (χ3n) is 2.47. The highest BCUT2D eigenvalue weighted by Crippen LogP contribution is 2.05. The molecular weight excluding hydrogens is 190 g/mol. The maximum Gasteiger partial charge on any atom is 0.129 e. The number of aliphatic hydroxyl groups excluding tert-OH is 1. The first kappa shape index (κ1) is 14.6. The summed E-state index contributed by atoms with van der Waals surface area (Å²) in [4.78, 5) is 10.6. The minimum Gasteiger partial charge on any atom is -0.379 e. The molecule has 0 rings (SSSR count). The van der Waals surface area contributed by atoms with Crippen LogP contribution in [0.25, 0.3) is 0 Å². The molecule has 0 spiro atoms. The van der Waals surface area contributed by atoms with E-state index in [9.17, 15) is 9.90 Å². The van der Waals surface area contributed by atoms with Gasteiger partial charge in [0, 0.05) is 6.42 Å². The Balaban J connectivity index is 3.02. The van der Waals surface area contributed by atoms with E-state index in [4.69, 9.17) is 0 Å². The first-order valence-electron chi connectivity index (χ1n) is 6.07. The number of carbonyl (C=O) groups is 1. The smallest absolute Gasteiger partial charge is 0.129 e. The van der Waals surface area contributed by atoms with Gasteiger partial charge in [0.25, 0.3) is 0 Å². The zero-order chi connectivity index (χ0) is 11.5. The third-order valence-corrected chi connectivity index (χ3v) is 2.47. The Kier molecular flexibility index (Phi) is 9.84. The quantitative estimate of drug-likeness (QED) is 0.434. The van der Waals surface area contributed by atoms with Crippen molar-refractivity contribution in [2.45, 2.75) is 65.0 Å². The van der Waals surface area contributed by atoms with Gasteiger partial charge in [-0.2, -0.15) is 0 Å². The molecule has 0 aliphatic carbocycles. The van der Waals surface area contributed by atoms with Gasteiger partial charge in [0.1, 0.15) is 12.0 Å². The molecule has 0 saturated carbocycles. The van der Waals surface area contributed by atoms with E-state index in [0.717, 1.165) is 38.6 Å². The van der Waals surface area contributed by atoms with Gasteiger partial charge in [-0.1, -0.05) is 26.2 Å². The van der Waals surface area contributed by atoms with Crippen LogP contribution in [0.1, 0.15) is 58.8 Å². The minimum absolute atomic E-state index is 0.294. The van der Waals surface area contributed by atoms with Gasteiger partial charge in [-0.05, 0) is 32.7 Å². The molecule has 0 bridgehead atoms. The van der Waals surface area contributed by atoms with E-state index in [0.29, 0.717) is 5.78 Å². The topological polar surface area (TPSA) is 49.3 Å². The van der Waals surface area contributed by atoms with Crippen molar-refractivity contribution in [3.63, 3.8) is 0 Å². The first-order valence-corrected chi connectivity index (χ1v) is 6.07. The molecule has 0 radical (unpaired) electrons. The van der Waals surface area contributed by atoms with E-state index in [2.05, 4.69) is 5.32 Å². The second kappa shape index (κ2) is 10.1. The zero-order valence-electron chi connectivity index (χ0n) is 10.1. The Hall–Kier alpha value is -0.410. The van der Waals surface area contributed by atoms with Crippen LogP contribution in [0.4, 0.5) is 0 Å². The summed E-state index contributed by atoms with van der Waals surface area (Å²) in [7, 11) is 0. The number of rotatable bonds is 10. The predicted molar refractivity (Wildman–Crippen MR) is 62.7 cm³/mol. The van der Waals surface area contributed by atoms with Crippen molar-refractivity contribution in [1.82, 2.24) is 5.32 Å². The lowest BCUT2D eigenvalue weighted by Crippen LogP contribution is -2.28. The van der Waals surface area contributed by atoms with Gasteiger partial charge in [-0.25, -0.2) is 0 Å². The van der Waals surface area contributed by atoms with Crippen molar-refractivity contribution in [3.05, 3.63) is 0 Å². The lowest BCUT2D eigenvalue weighted by Gasteiger charge is -2.09. The molecule has 0 aromatic heterocycles. The molecule has 1 atom stereocenters. The van der Waals surface area contributed by atoms with Crippen LogP contribution in [0, 0.1) is 0 Å². The summed E-state index contributed by atoms with van der Waals surface area (Å²) < 4.78 is 0. The highest BCUT2D eigenvalue weighted by molar-refractivity contribution is 5.75. The van der Waals surface area contributed by atoms with Crippen LogP contribution in [0.2, 0.25) is 0 Å². The van der Waals surface area contributed by atoms with Gasteiger partial charge < -0.3 is 9.90 Å². The number of nitrogens with one attached hydrogen (secondary N) is 1. The lowest BCUT2D eigenvalue weighted by molar-refractivity contribution is -0.117. The Morgan fingerprint density at radius 1 is 1.20 bits per heavy atom. The van der Waals surface area contributed by atoms with E-state index >= 15 is 0 Å². The van der Waals surface area contributed by atoms with Crippen LogP contribution in [-0.2, 0) is 4.79 Å². The van der Waals surface area contributed by atoms with Crippen molar-refractivity contribution in [1.29, 1.82) is 0 Å². The van der Waals surface area contributed by atoms with Crippen LogP contribution in [0.15, 0.2) is 0 Å². The number of carbonyl (C=O) groups excluding carboxylic acids is 1. The number of ketones is 1. The van der Waals surface area contributed by atoms with E-state index in [-0.39, 0.29) is 6.23 Å². The SMILES string of the molecule is CCC(O)NCCCCCCCC(C)=O. The van der Waals surface area contributed by atoms with Crippen LogP contribution in [0.5, 0.6) is 0 Å². The Morgan fingerprint density at radius 3 is 2.40 bits per heavy atom. The predicted octanol–water partition coefficient (Wildman–Crippen LogP) is 2.23. The van der Waals surface area contributed by atoms with Gasteiger partial charge >= 0.3 is 0 Å². The summed E-state index contributed by atoms with van der Waals surface area (Å²) in [5.74, 6) is 0.294. The number of hydrogen-bond acceptors (Lipinski definition) is 3. The highest BCUT2D eigenvalue weighted by Gasteiger charge is 1.98. The normalized spacial score (nSPS) is 12.7. The highest BCUT2D eigenvalue weighted by atomic mass is 16.3. The number of Topliss-reactive ketones (excluding diaryl/α,β-unsaturated/α-hetero) is 1. The van der Waals surface area contributed by atoms with Gasteiger partial charge in [0.05, 0.1) is 0 Å². The summed E-state index contributed by atoms with van der Waals surface area (Å²) >= 11 is 0. The van der Waals surface area contributed by atoms with Crippen molar-refractivity contribution in [2.24, 2.45) is 0 Å². The number of hydrogen-bond donors (Lipinski definition) is 2. The molecule has 90 valence electrons. The summed E-state index contributed by atoms with van der Waals surface area (Å²) in [6, 6.07) is 0. The second-order valence-corrected chi connectivity index (χ2v) is 4.10. The van der Waals surface area contributed by atoms with E-state index in [1.165, 1.54) is 12.8 Å². The van der Waals surface area contributed by atoms with Gasteiger partial charge in [0.15, 0.2) is 0 Å². The Labute approximate surface area is 93.3 Å². The van der Waals surface area contributed by atoms with Gasteiger partial charge in [-0.15, -0.1) is 0 Å². The van der Waals surface area contributed by atoms with Gasteiger partial charge in [-0.3, -0.25) is 5.32 Å². The van der Waals surface area contributed by atoms with Crippen molar-refractivity contribution in [2.75, 3.05) is 6.54 Å². The summed E-state index contributed by atoms with van der Waals surface area (Å²) in [5.41, 5.74) is 0. The summed E-state index contributed by atoms with van der Waals surface area (Å²) in [5, 5.41) is 12.3. The molecule has 0 aliphatic rings. The molecule has 0 saturated heterocycles.